The maximum atomic E-state index is 11.5. The van der Waals surface area contributed by atoms with Crippen LogP contribution in [0.4, 0.5) is 4.79 Å². The van der Waals surface area contributed by atoms with Crippen LogP contribution in [-0.4, -0.2) is 47.5 Å². The number of primary amides is 1. The fraction of sp³-hybridized carbons (Fsp3) is 0.500. The van der Waals surface area contributed by atoms with Crippen molar-refractivity contribution in [3.05, 3.63) is 12.7 Å². The van der Waals surface area contributed by atoms with Gasteiger partial charge in [-0.05, 0) is 6.42 Å². The Morgan fingerprint density at radius 3 is 2.53 bits per heavy atom. The SMILES string of the molecule is C=CCN(C)C(=O)N[C@H](CCC(N)=O)C(=O)O. The van der Waals surface area contributed by atoms with E-state index in [9.17, 15) is 14.4 Å². The lowest BCUT2D eigenvalue weighted by Gasteiger charge is -2.19. The molecule has 0 spiro atoms. The summed E-state index contributed by atoms with van der Waals surface area (Å²) in [6.07, 6.45) is 1.39. The van der Waals surface area contributed by atoms with E-state index in [0.29, 0.717) is 6.54 Å². The third-order valence-electron chi connectivity index (χ3n) is 2.02. The molecule has 0 fully saturated rings. The second-order valence-electron chi connectivity index (χ2n) is 3.51. The lowest BCUT2D eigenvalue weighted by atomic mass is 10.1. The Kier molecular flexibility index (Phi) is 6.39. The largest absolute Gasteiger partial charge is 0.480 e. The number of carbonyl (C=O) groups is 3. The third-order valence-corrected chi connectivity index (χ3v) is 2.02. The molecule has 0 unspecified atom stereocenters. The standard InChI is InChI=1S/C10H17N3O4/c1-3-6-13(2)10(17)12-7(9(15)16)4-5-8(11)14/h3,7H,1,4-6H2,2H3,(H2,11,14)(H,12,17)(H,15,16)/t7-/m1/s1. The van der Waals surface area contributed by atoms with Gasteiger partial charge in [0.1, 0.15) is 6.04 Å². The first-order chi connectivity index (χ1) is 7.88. The predicted molar refractivity (Wildman–Crippen MR) is 61.2 cm³/mol. The lowest BCUT2D eigenvalue weighted by molar-refractivity contribution is -0.139. The summed E-state index contributed by atoms with van der Waals surface area (Å²) in [7, 11) is 1.50. The molecule has 0 saturated carbocycles. The smallest absolute Gasteiger partial charge is 0.326 e. The molecule has 4 N–H and O–H groups in total. The summed E-state index contributed by atoms with van der Waals surface area (Å²) in [5.74, 6) is -1.81. The Morgan fingerprint density at radius 2 is 2.12 bits per heavy atom. The number of nitrogens with one attached hydrogen (secondary N) is 1. The second kappa shape index (κ2) is 7.26. The van der Waals surface area contributed by atoms with Crippen LogP contribution in [0.1, 0.15) is 12.8 Å². The molecule has 0 aliphatic carbocycles. The van der Waals surface area contributed by atoms with Gasteiger partial charge >= 0.3 is 12.0 Å². The molecule has 0 aromatic heterocycles. The number of hydrogen-bond acceptors (Lipinski definition) is 3. The van der Waals surface area contributed by atoms with Crippen molar-refractivity contribution in [3.63, 3.8) is 0 Å². The van der Waals surface area contributed by atoms with Gasteiger partial charge in [-0.25, -0.2) is 9.59 Å². The number of hydrogen-bond donors (Lipinski definition) is 3. The first-order valence-corrected chi connectivity index (χ1v) is 5.02. The molecule has 0 aromatic rings. The first kappa shape index (κ1) is 14.9. The van der Waals surface area contributed by atoms with Gasteiger partial charge in [0.2, 0.25) is 5.91 Å². The van der Waals surface area contributed by atoms with Crippen LogP contribution < -0.4 is 11.1 Å². The van der Waals surface area contributed by atoms with Gasteiger partial charge in [0.05, 0.1) is 0 Å². The number of rotatable bonds is 7. The van der Waals surface area contributed by atoms with E-state index < -0.39 is 23.9 Å². The summed E-state index contributed by atoms with van der Waals surface area (Å²) in [6, 6.07) is -1.66. The average molecular weight is 243 g/mol. The highest BCUT2D eigenvalue weighted by Gasteiger charge is 2.21. The van der Waals surface area contributed by atoms with Gasteiger partial charge in [-0.3, -0.25) is 4.79 Å². The molecule has 7 heteroatoms. The topological polar surface area (TPSA) is 113 Å². The predicted octanol–water partition coefficient (Wildman–Crippen LogP) is -0.467. The van der Waals surface area contributed by atoms with E-state index in [1.807, 2.05) is 0 Å². The fourth-order valence-electron chi connectivity index (χ4n) is 1.08. The van der Waals surface area contributed by atoms with Gasteiger partial charge in [-0.2, -0.15) is 0 Å². The molecule has 1 atom stereocenters. The number of likely N-dealkylation sites (N-methyl/N-ethyl adjacent to an activating group) is 1. The Morgan fingerprint density at radius 1 is 1.53 bits per heavy atom. The van der Waals surface area contributed by atoms with Crippen molar-refractivity contribution >= 4 is 17.9 Å². The molecule has 0 radical (unpaired) electrons. The minimum absolute atomic E-state index is 0.0294. The number of amides is 3. The van der Waals surface area contributed by atoms with Crippen LogP contribution in [0.5, 0.6) is 0 Å². The summed E-state index contributed by atoms with van der Waals surface area (Å²) in [5, 5.41) is 11.1. The summed E-state index contributed by atoms with van der Waals surface area (Å²) >= 11 is 0. The molecule has 0 aromatic carbocycles. The summed E-state index contributed by atoms with van der Waals surface area (Å²) < 4.78 is 0. The zero-order valence-electron chi connectivity index (χ0n) is 9.68. The Bertz CT molecular complexity index is 317. The molecule has 0 rings (SSSR count). The van der Waals surface area contributed by atoms with Gasteiger partial charge < -0.3 is 21.1 Å². The van der Waals surface area contributed by atoms with Crippen LogP contribution in [-0.2, 0) is 9.59 Å². The average Bonchev–Trinajstić information content (AvgIpc) is 2.23. The minimum Gasteiger partial charge on any atom is -0.480 e. The molecule has 0 aliphatic heterocycles. The highest BCUT2D eigenvalue weighted by atomic mass is 16.4. The zero-order valence-corrected chi connectivity index (χ0v) is 9.68. The van der Waals surface area contributed by atoms with Crippen molar-refractivity contribution in [2.24, 2.45) is 5.73 Å². The Balaban J connectivity index is 4.33. The summed E-state index contributed by atoms with van der Waals surface area (Å²) in [5.41, 5.74) is 4.91. The van der Waals surface area contributed by atoms with E-state index in [2.05, 4.69) is 11.9 Å². The minimum atomic E-state index is -1.20. The number of carbonyl (C=O) groups excluding carboxylic acids is 2. The third kappa shape index (κ3) is 6.18. The zero-order chi connectivity index (χ0) is 13.4. The van der Waals surface area contributed by atoms with Crippen molar-refractivity contribution < 1.29 is 19.5 Å². The van der Waals surface area contributed by atoms with Crippen molar-refractivity contribution in [1.82, 2.24) is 10.2 Å². The molecule has 0 heterocycles. The van der Waals surface area contributed by atoms with E-state index in [0.717, 1.165) is 0 Å². The van der Waals surface area contributed by atoms with E-state index in [1.54, 1.807) is 0 Å². The number of carboxylic acids is 1. The lowest BCUT2D eigenvalue weighted by Crippen LogP contribution is -2.47. The molecule has 96 valence electrons. The molecular weight excluding hydrogens is 226 g/mol. The maximum Gasteiger partial charge on any atom is 0.326 e. The normalized spacial score (nSPS) is 11.4. The summed E-state index contributed by atoms with van der Waals surface area (Å²) in [4.78, 5) is 34.1. The quantitative estimate of drug-likeness (QED) is 0.525. The fourth-order valence-corrected chi connectivity index (χ4v) is 1.08. The molecule has 7 nitrogen and oxygen atoms in total. The molecule has 17 heavy (non-hydrogen) atoms. The first-order valence-electron chi connectivity index (χ1n) is 5.02. The number of nitrogens with zero attached hydrogens (tertiary/aromatic N) is 1. The van der Waals surface area contributed by atoms with Gasteiger partial charge in [-0.1, -0.05) is 6.08 Å². The molecule has 0 aliphatic rings. The maximum absolute atomic E-state index is 11.5. The number of carboxylic acid groups (broad SMARTS) is 1. The van der Waals surface area contributed by atoms with Gasteiger partial charge in [0.25, 0.3) is 0 Å². The summed E-state index contributed by atoms with van der Waals surface area (Å²) in [6.45, 7) is 3.76. The van der Waals surface area contributed by atoms with Crippen LogP contribution in [0.15, 0.2) is 12.7 Å². The number of nitrogens with two attached hydrogens (primary N) is 1. The van der Waals surface area contributed by atoms with Gasteiger partial charge in [0.15, 0.2) is 0 Å². The highest BCUT2D eigenvalue weighted by Crippen LogP contribution is 1.98. The van der Waals surface area contributed by atoms with Gasteiger partial charge in [0, 0.05) is 20.0 Å². The van der Waals surface area contributed by atoms with Crippen molar-refractivity contribution in [2.75, 3.05) is 13.6 Å². The number of aliphatic carboxylic acids is 1. The Hall–Kier alpha value is -2.05. The van der Waals surface area contributed by atoms with Crippen LogP contribution in [0.25, 0.3) is 0 Å². The van der Waals surface area contributed by atoms with E-state index in [4.69, 9.17) is 10.8 Å². The highest BCUT2D eigenvalue weighted by molar-refractivity contribution is 5.83. The monoisotopic (exact) mass is 243 g/mol. The van der Waals surface area contributed by atoms with Crippen LogP contribution in [0.2, 0.25) is 0 Å². The van der Waals surface area contributed by atoms with Crippen molar-refractivity contribution in [3.8, 4) is 0 Å². The van der Waals surface area contributed by atoms with E-state index in [1.165, 1.54) is 18.0 Å². The van der Waals surface area contributed by atoms with E-state index >= 15 is 0 Å². The van der Waals surface area contributed by atoms with Crippen molar-refractivity contribution in [1.29, 1.82) is 0 Å². The van der Waals surface area contributed by atoms with E-state index in [-0.39, 0.29) is 12.8 Å². The van der Waals surface area contributed by atoms with Crippen LogP contribution in [0.3, 0.4) is 0 Å². The van der Waals surface area contributed by atoms with Crippen LogP contribution in [0, 0.1) is 0 Å². The second-order valence-corrected chi connectivity index (χ2v) is 3.51. The van der Waals surface area contributed by atoms with Gasteiger partial charge in [-0.15, -0.1) is 6.58 Å². The number of urea groups is 1. The van der Waals surface area contributed by atoms with Crippen LogP contribution >= 0.6 is 0 Å². The van der Waals surface area contributed by atoms with Crippen molar-refractivity contribution in [2.45, 2.75) is 18.9 Å². The molecular formula is C10H17N3O4. The Labute approximate surface area is 99.3 Å². The molecule has 0 bridgehead atoms. The molecule has 3 amide bonds. The molecule has 0 saturated heterocycles.